The first kappa shape index (κ1) is 24.4. The van der Waals surface area contributed by atoms with Gasteiger partial charge in [-0.25, -0.2) is 0 Å². The van der Waals surface area contributed by atoms with Crippen LogP contribution in [0.15, 0.2) is 4.99 Å². The van der Waals surface area contributed by atoms with Gasteiger partial charge in [-0.05, 0) is 40.5 Å². The largest absolute Gasteiger partial charge is 0.355 e. The van der Waals surface area contributed by atoms with Crippen LogP contribution >= 0.6 is 24.0 Å². The second-order valence-corrected chi connectivity index (χ2v) is 7.18. The standard InChI is InChI=1S/C18H37N5O.HI/c1-14(2)23(15(3)4)12-11-20-18(19-5)21-13-17(24)22-16-9-7-6-8-10-16;/h14-16H,6-13H2,1-5H3,(H,22,24)(H2,19,20,21);1H. The van der Waals surface area contributed by atoms with Gasteiger partial charge in [0.2, 0.25) is 5.91 Å². The number of halogens is 1. The van der Waals surface area contributed by atoms with E-state index < -0.39 is 0 Å². The summed E-state index contributed by atoms with van der Waals surface area (Å²) in [4.78, 5) is 18.6. The van der Waals surface area contributed by atoms with Gasteiger partial charge in [0.1, 0.15) is 0 Å². The van der Waals surface area contributed by atoms with Crippen molar-refractivity contribution in [2.45, 2.75) is 77.9 Å². The van der Waals surface area contributed by atoms with Crippen LogP contribution in [-0.2, 0) is 4.79 Å². The molecule has 1 amide bonds. The predicted octanol–water partition coefficient (Wildman–Crippen LogP) is 2.34. The average Bonchev–Trinajstić information content (AvgIpc) is 2.54. The summed E-state index contributed by atoms with van der Waals surface area (Å²) in [5, 5.41) is 9.50. The van der Waals surface area contributed by atoms with E-state index in [0.717, 1.165) is 25.9 Å². The lowest BCUT2D eigenvalue weighted by Crippen LogP contribution is -2.48. The molecule has 0 saturated heterocycles. The zero-order valence-electron chi connectivity index (χ0n) is 16.6. The van der Waals surface area contributed by atoms with Crippen LogP contribution in [0.25, 0.3) is 0 Å². The Morgan fingerprint density at radius 3 is 2.20 bits per heavy atom. The number of guanidine groups is 1. The molecule has 0 unspecified atom stereocenters. The molecule has 0 atom stereocenters. The Bertz CT molecular complexity index is 387. The maximum Gasteiger partial charge on any atom is 0.239 e. The Morgan fingerprint density at radius 1 is 1.08 bits per heavy atom. The quantitative estimate of drug-likeness (QED) is 0.291. The normalized spacial score (nSPS) is 16.1. The Hall–Kier alpha value is -0.570. The molecule has 1 aliphatic rings. The van der Waals surface area contributed by atoms with Crippen molar-refractivity contribution < 1.29 is 4.79 Å². The zero-order valence-corrected chi connectivity index (χ0v) is 18.9. The predicted molar refractivity (Wildman–Crippen MR) is 117 cm³/mol. The monoisotopic (exact) mass is 467 g/mol. The van der Waals surface area contributed by atoms with E-state index in [2.05, 4.69) is 53.5 Å². The molecule has 0 aromatic carbocycles. The summed E-state index contributed by atoms with van der Waals surface area (Å²) in [7, 11) is 1.73. The number of rotatable bonds is 8. The third kappa shape index (κ3) is 10.2. The van der Waals surface area contributed by atoms with Crippen molar-refractivity contribution in [3.8, 4) is 0 Å². The van der Waals surface area contributed by atoms with Crippen molar-refractivity contribution >= 4 is 35.8 Å². The Morgan fingerprint density at radius 2 is 1.68 bits per heavy atom. The maximum absolute atomic E-state index is 12.0. The summed E-state index contributed by atoms with van der Waals surface area (Å²) >= 11 is 0. The van der Waals surface area contributed by atoms with E-state index in [0.29, 0.717) is 24.1 Å². The average molecular weight is 467 g/mol. The number of aliphatic imine (C=N–C) groups is 1. The van der Waals surface area contributed by atoms with Gasteiger partial charge < -0.3 is 16.0 Å². The van der Waals surface area contributed by atoms with E-state index in [-0.39, 0.29) is 36.4 Å². The lowest BCUT2D eigenvalue weighted by Gasteiger charge is -2.30. The minimum Gasteiger partial charge on any atom is -0.355 e. The molecule has 148 valence electrons. The molecule has 3 N–H and O–H groups in total. The molecule has 1 saturated carbocycles. The highest BCUT2D eigenvalue weighted by Crippen LogP contribution is 2.17. The first-order chi connectivity index (χ1) is 11.4. The van der Waals surface area contributed by atoms with E-state index in [9.17, 15) is 4.79 Å². The van der Waals surface area contributed by atoms with Gasteiger partial charge in [-0.15, -0.1) is 24.0 Å². The third-order valence-electron chi connectivity index (χ3n) is 4.60. The lowest BCUT2D eigenvalue weighted by atomic mass is 9.95. The molecule has 7 heteroatoms. The molecule has 0 aromatic rings. The maximum atomic E-state index is 12.0. The molecule has 0 heterocycles. The lowest BCUT2D eigenvalue weighted by molar-refractivity contribution is -0.120. The molecular formula is C18H38IN5O. The van der Waals surface area contributed by atoms with Gasteiger partial charge in [0.25, 0.3) is 0 Å². The molecule has 0 aromatic heterocycles. The van der Waals surface area contributed by atoms with Gasteiger partial charge >= 0.3 is 0 Å². The smallest absolute Gasteiger partial charge is 0.239 e. The second kappa shape index (κ2) is 13.6. The number of hydrogen-bond acceptors (Lipinski definition) is 3. The first-order valence-corrected chi connectivity index (χ1v) is 9.43. The number of nitrogens with one attached hydrogen (secondary N) is 3. The fourth-order valence-electron chi connectivity index (χ4n) is 3.33. The third-order valence-corrected chi connectivity index (χ3v) is 4.60. The molecule has 6 nitrogen and oxygen atoms in total. The number of carbonyl (C=O) groups excluding carboxylic acids is 1. The second-order valence-electron chi connectivity index (χ2n) is 7.18. The molecule has 0 spiro atoms. The summed E-state index contributed by atoms with van der Waals surface area (Å²) in [6.07, 6.45) is 5.97. The zero-order chi connectivity index (χ0) is 17.9. The van der Waals surface area contributed by atoms with E-state index in [1.54, 1.807) is 7.05 Å². The minimum absolute atomic E-state index is 0. The van der Waals surface area contributed by atoms with Crippen molar-refractivity contribution in [2.24, 2.45) is 4.99 Å². The number of amides is 1. The molecule has 1 rings (SSSR count). The number of hydrogen-bond donors (Lipinski definition) is 3. The van der Waals surface area contributed by atoms with Crippen molar-refractivity contribution in [2.75, 3.05) is 26.7 Å². The fourth-order valence-corrected chi connectivity index (χ4v) is 3.33. The van der Waals surface area contributed by atoms with Crippen LogP contribution in [0.1, 0.15) is 59.8 Å². The highest BCUT2D eigenvalue weighted by molar-refractivity contribution is 14.0. The van der Waals surface area contributed by atoms with Crippen LogP contribution in [0.2, 0.25) is 0 Å². The summed E-state index contributed by atoms with van der Waals surface area (Å²) < 4.78 is 0. The Kier molecular flexibility index (Phi) is 13.3. The van der Waals surface area contributed by atoms with Gasteiger partial charge in [0.05, 0.1) is 6.54 Å². The molecule has 1 aliphatic carbocycles. The van der Waals surface area contributed by atoms with Crippen LogP contribution in [0.5, 0.6) is 0 Å². The van der Waals surface area contributed by atoms with E-state index in [4.69, 9.17) is 0 Å². The van der Waals surface area contributed by atoms with Crippen LogP contribution in [0, 0.1) is 0 Å². The topological polar surface area (TPSA) is 68.8 Å². The molecule has 0 radical (unpaired) electrons. The first-order valence-electron chi connectivity index (χ1n) is 9.43. The van der Waals surface area contributed by atoms with Gasteiger partial charge in [-0.2, -0.15) is 0 Å². The molecular weight excluding hydrogens is 429 g/mol. The van der Waals surface area contributed by atoms with E-state index in [1.807, 2.05) is 0 Å². The van der Waals surface area contributed by atoms with Gasteiger partial charge in [0.15, 0.2) is 5.96 Å². The van der Waals surface area contributed by atoms with Crippen molar-refractivity contribution in [3.63, 3.8) is 0 Å². The number of carbonyl (C=O) groups is 1. The van der Waals surface area contributed by atoms with Gasteiger partial charge in [-0.1, -0.05) is 19.3 Å². The minimum atomic E-state index is 0. The molecule has 0 aliphatic heterocycles. The van der Waals surface area contributed by atoms with Gasteiger partial charge in [-0.3, -0.25) is 14.7 Å². The molecule has 0 bridgehead atoms. The summed E-state index contributed by atoms with van der Waals surface area (Å²) in [6.45, 7) is 10.9. The molecule has 1 fully saturated rings. The highest BCUT2D eigenvalue weighted by atomic mass is 127. The summed E-state index contributed by atoms with van der Waals surface area (Å²) in [5.41, 5.74) is 0. The number of nitrogens with zero attached hydrogens (tertiary/aromatic N) is 2. The van der Waals surface area contributed by atoms with Crippen LogP contribution < -0.4 is 16.0 Å². The van der Waals surface area contributed by atoms with Gasteiger partial charge in [0, 0.05) is 38.3 Å². The fraction of sp³-hybridized carbons (Fsp3) is 0.889. The Balaban J connectivity index is 0.00000576. The van der Waals surface area contributed by atoms with Crippen molar-refractivity contribution in [3.05, 3.63) is 0 Å². The summed E-state index contributed by atoms with van der Waals surface area (Å²) in [6, 6.07) is 1.39. The molecule has 25 heavy (non-hydrogen) atoms. The van der Waals surface area contributed by atoms with Crippen LogP contribution in [0.3, 0.4) is 0 Å². The summed E-state index contributed by atoms with van der Waals surface area (Å²) in [5.74, 6) is 0.733. The van der Waals surface area contributed by atoms with Crippen LogP contribution in [0.4, 0.5) is 0 Å². The van der Waals surface area contributed by atoms with E-state index >= 15 is 0 Å². The highest BCUT2D eigenvalue weighted by Gasteiger charge is 2.16. The van der Waals surface area contributed by atoms with Crippen LogP contribution in [-0.4, -0.2) is 61.6 Å². The Labute approximate surface area is 171 Å². The SMILES string of the molecule is CN=C(NCCN(C(C)C)C(C)C)NCC(=O)NC1CCCCC1.I. The van der Waals surface area contributed by atoms with Crippen molar-refractivity contribution in [1.29, 1.82) is 0 Å². The van der Waals surface area contributed by atoms with Crippen molar-refractivity contribution in [1.82, 2.24) is 20.9 Å². The van der Waals surface area contributed by atoms with E-state index in [1.165, 1.54) is 19.3 Å².